The van der Waals surface area contributed by atoms with E-state index in [-0.39, 0.29) is 15.4 Å². The number of hydrogen-bond donors (Lipinski definition) is 2. The van der Waals surface area contributed by atoms with Crippen molar-refractivity contribution in [2.24, 2.45) is 5.73 Å². The molecule has 102 valence electrons. The Morgan fingerprint density at radius 2 is 2.21 bits per heavy atom. The highest BCUT2D eigenvalue weighted by atomic mass is 79.9. The second-order valence-electron chi connectivity index (χ2n) is 4.21. The Kier molecular flexibility index (Phi) is 4.36. The fraction of sp³-hybridized carbons (Fsp3) is 0.333. The van der Waals surface area contributed by atoms with Gasteiger partial charge in [-0.25, -0.2) is 4.39 Å². The summed E-state index contributed by atoms with van der Waals surface area (Å²) in [6.07, 6.45) is 0.355. The van der Waals surface area contributed by atoms with Crippen LogP contribution in [0.5, 0.6) is 0 Å². The smallest absolute Gasteiger partial charge is 0.221 e. The number of nitrogens with one attached hydrogen (secondary N) is 1. The van der Waals surface area contributed by atoms with E-state index in [2.05, 4.69) is 21.2 Å². The predicted octanol–water partition coefficient (Wildman–Crippen LogP) is 1.55. The largest absolute Gasteiger partial charge is 0.389 e. The van der Waals surface area contributed by atoms with E-state index in [4.69, 9.17) is 18.0 Å². The zero-order valence-corrected chi connectivity index (χ0v) is 12.5. The van der Waals surface area contributed by atoms with Crippen molar-refractivity contribution in [2.75, 3.05) is 24.5 Å². The van der Waals surface area contributed by atoms with Crippen LogP contribution < -0.4 is 16.0 Å². The quantitative estimate of drug-likeness (QED) is 0.798. The van der Waals surface area contributed by atoms with Crippen LogP contribution in [-0.2, 0) is 4.79 Å². The summed E-state index contributed by atoms with van der Waals surface area (Å²) in [5, 5.41) is 2.75. The molecule has 1 saturated heterocycles. The van der Waals surface area contributed by atoms with Crippen molar-refractivity contribution in [1.29, 1.82) is 0 Å². The first kappa shape index (κ1) is 14.2. The van der Waals surface area contributed by atoms with Crippen molar-refractivity contribution in [2.45, 2.75) is 6.42 Å². The van der Waals surface area contributed by atoms with Crippen LogP contribution in [0, 0.1) is 5.82 Å². The van der Waals surface area contributed by atoms with Gasteiger partial charge in [-0.2, -0.15) is 0 Å². The minimum Gasteiger partial charge on any atom is -0.389 e. The normalized spacial score (nSPS) is 15.9. The van der Waals surface area contributed by atoms with E-state index in [0.717, 1.165) is 0 Å². The first-order valence-electron chi connectivity index (χ1n) is 5.80. The summed E-state index contributed by atoms with van der Waals surface area (Å²) in [7, 11) is 0. The van der Waals surface area contributed by atoms with E-state index in [9.17, 15) is 9.18 Å². The second kappa shape index (κ2) is 5.83. The predicted molar refractivity (Wildman–Crippen MR) is 79.8 cm³/mol. The summed E-state index contributed by atoms with van der Waals surface area (Å²) in [4.78, 5) is 13.3. The molecule has 1 aliphatic rings. The van der Waals surface area contributed by atoms with Crippen molar-refractivity contribution in [3.05, 3.63) is 28.0 Å². The van der Waals surface area contributed by atoms with Crippen LogP contribution in [0.25, 0.3) is 0 Å². The van der Waals surface area contributed by atoms with E-state index in [1.165, 1.54) is 0 Å². The molecule has 7 heteroatoms. The fourth-order valence-corrected chi connectivity index (χ4v) is 2.83. The van der Waals surface area contributed by atoms with Gasteiger partial charge in [0.15, 0.2) is 5.82 Å². The maximum atomic E-state index is 14.3. The first-order valence-corrected chi connectivity index (χ1v) is 7.00. The summed E-state index contributed by atoms with van der Waals surface area (Å²) in [6, 6.07) is 3.33. The van der Waals surface area contributed by atoms with E-state index in [0.29, 0.717) is 37.3 Å². The van der Waals surface area contributed by atoms with Crippen LogP contribution in [0.1, 0.15) is 12.0 Å². The van der Waals surface area contributed by atoms with Gasteiger partial charge in [-0.1, -0.05) is 12.2 Å². The first-order chi connectivity index (χ1) is 9.00. The third kappa shape index (κ3) is 3.03. The molecule has 0 atom stereocenters. The molecule has 1 aliphatic heterocycles. The topological polar surface area (TPSA) is 58.4 Å². The number of rotatable bonds is 2. The highest BCUT2D eigenvalue weighted by molar-refractivity contribution is 9.10. The van der Waals surface area contributed by atoms with Gasteiger partial charge in [0.05, 0.1) is 10.2 Å². The molecule has 0 bridgehead atoms. The van der Waals surface area contributed by atoms with Gasteiger partial charge in [-0.15, -0.1) is 0 Å². The SMILES string of the molecule is NC(=S)c1ccc(N2CCNC(=O)CC2)c(F)c1Br. The van der Waals surface area contributed by atoms with E-state index in [1.807, 2.05) is 4.90 Å². The number of anilines is 1. The maximum Gasteiger partial charge on any atom is 0.221 e. The van der Waals surface area contributed by atoms with Crippen LogP contribution in [0.3, 0.4) is 0 Å². The zero-order chi connectivity index (χ0) is 14.0. The number of carbonyl (C=O) groups is 1. The molecule has 0 radical (unpaired) electrons. The van der Waals surface area contributed by atoms with Crippen LogP contribution in [0.4, 0.5) is 10.1 Å². The van der Waals surface area contributed by atoms with Crippen molar-refractivity contribution >= 4 is 44.7 Å². The van der Waals surface area contributed by atoms with Gasteiger partial charge < -0.3 is 16.0 Å². The third-order valence-corrected chi connectivity index (χ3v) is 3.98. The lowest BCUT2D eigenvalue weighted by molar-refractivity contribution is -0.120. The molecule has 0 spiro atoms. The molecule has 0 aromatic heterocycles. The van der Waals surface area contributed by atoms with Gasteiger partial charge >= 0.3 is 0 Å². The lowest BCUT2D eigenvalue weighted by Gasteiger charge is -2.23. The number of thiocarbonyl (C=S) groups is 1. The van der Waals surface area contributed by atoms with E-state index >= 15 is 0 Å². The molecule has 1 fully saturated rings. The zero-order valence-electron chi connectivity index (χ0n) is 10.1. The number of hydrogen-bond acceptors (Lipinski definition) is 3. The number of halogens is 2. The van der Waals surface area contributed by atoms with Gasteiger partial charge in [0, 0.05) is 31.6 Å². The number of benzene rings is 1. The highest BCUT2D eigenvalue weighted by Crippen LogP contribution is 2.29. The Bertz CT molecular complexity index is 538. The fourth-order valence-electron chi connectivity index (χ4n) is 1.98. The van der Waals surface area contributed by atoms with Crippen molar-refractivity contribution in [3.8, 4) is 0 Å². The van der Waals surface area contributed by atoms with Gasteiger partial charge in [0.1, 0.15) is 4.99 Å². The molecular formula is C12H13BrFN3OS. The molecule has 1 aromatic rings. The van der Waals surface area contributed by atoms with E-state index in [1.54, 1.807) is 12.1 Å². The molecule has 1 amide bonds. The summed E-state index contributed by atoms with van der Waals surface area (Å²) in [5.74, 6) is -0.415. The average molecular weight is 346 g/mol. The number of amides is 1. The van der Waals surface area contributed by atoms with Gasteiger partial charge in [0.2, 0.25) is 5.91 Å². The molecule has 1 aromatic carbocycles. The third-order valence-electron chi connectivity index (χ3n) is 2.98. The average Bonchev–Trinajstić information content (AvgIpc) is 2.57. The standard InChI is InChI=1S/C12H13BrFN3OS/c13-10-7(12(15)19)1-2-8(11(10)14)17-5-3-9(18)16-4-6-17/h1-2H,3-6H2,(H2,15,19)(H,16,18). The van der Waals surface area contributed by atoms with Crippen molar-refractivity contribution in [1.82, 2.24) is 5.32 Å². The van der Waals surface area contributed by atoms with Crippen LogP contribution >= 0.6 is 28.1 Å². The molecule has 0 unspecified atom stereocenters. The Balaban J connectivity index is 2.32. The highest BCUT2D eigenvalue weighted by Gasteiger charge is 2.20. The molecule has 2 rings (SSSR count). The molecule has 4 nitrogen and oxygen atoms in total. The van der Waals surface area contributed by atoms with Crippen LogP contribution in [0.15, 0.2) is 16.6 Å². The minimum absolute atomic E-state index is 0.0123. The molecule has 0 aliphatic carbocycles. The molecule has 0 saturated carbocycles. The lowest BCUT2D eigenvalue weighted by atomic mass is 10.1. The molecule has 1 heterocycles. The minimum atomic E-state index is -0.403. The van der Waals surface area contributed by atoms with Gasteiger partial charge in [0.25, 0.3) is 0 Å². The Labute approximate surface area is 124 Å². The number of carbonyl (C=O) groups excluding carboxylic acids is 1. The molecular weight excluding hydrogens is 333 g/mol. The molecule has 3 N–H and O–H groups in total. The van der Waals surface area contributed by atoms with Crippen molar-refractivity contribution in [3.63, 3.8) is 0 Å². The monoisotopic (exact) mass is 345 g/mol. The Hall–Kier alpha value is -1.21. The van der Waals surface area contributed by atoms with Crippen LogP contribution in [0.2, 0.25) is 0 Å². The molecule has 19 heavy (non-hydrogen) atoms. The summed E-state index contributed by atoms with van der Waals surface area (Å²) < 4.78 is 14.6. The number of nitrogens with zero attached hydrogens (tertiary/aromatic N) is 1. The summed E-state index contributed by atoms with van der Waals surface area (Å²) >= 11 is 8.04. The number of nitrogens with two attached hydrogens (primary N) is 1. The van der Waals surface area contributed by atoms with Crippen LogP contribution in [-0.4, -0.2) is 30.5 Å². The summed E-state index contributed by atoms with van der Waals surface area (Å²) in [6.45, 7) is 1.57. The second-order valence-corrected chi connectivity index (χ2v) is 5.44. The van der Waals surface area contributed by atoms with E-state index < -0.39 is 5.82 Å². The lowest BCUT2D eigenvalue weighted by Crippen LogP contribution is -2.29. The Morgan fingerprint density at radius 3 is 2.89 bits per heavy atom. The summed E-state index contributed by atoms with van der Waals surface area (Å²) in [5.41, 5.74) is 6.44. The maximum absolute atomic E-state index is 14.3. The van der Waals surface area contributed by atoms with Gasteiger partial charge in [-0.3, -0.25) is 4.79 Å². The van der Waals surface area contributed by atoms with Crippen molar-refractivity contribution < 1.29 is 9.18 Å². The Morgan fingerprint density at radius 1 is 1.47 bits per heavy atom. The van der Waals surface area contributed by atoms with Gasteiger partial charge in [-0.05, 0) is 28.1 Å².